The van der Waals surface area contributed by atoms with Crippen LogP contribution in [-0.2, 0) is 6.42 Å². The first kappa shape index (κ1) is 13.5. The van der Waals surface area contributed by atoms with Crippen LogP contribution in [-0.4, -0.2) is 16.0 Å². The van der Waals surface area contributed by atoms with E-state index < -0.39 is 0 Å². The fraction of sp³-hybridized carbons (Fsp3) is 0.133. The molecule has 0 spiro atoms. The van der Waals surface area contributed by atoms with E-state index in [1.54, 1.807) is 0 Å². The number of aryl methyl sites for hydroxylation is 1. The monoisotopic (exact) mass is 299 g/mol. The largest absolute Gasteiger partial charge is 0.363 e. The number of nitrogens with zero attached hydrogens (tertiary/aromatic N) is 2. The van der Waals surface area contributed by atoms with Crippen LogP contribution in [0.5, 0.6) is 0 Å². The molecule has 1 amide bonds. The van der Waals surface area contributed by atoms with E-state index in [-0.39, 0.29) is 5.91 Å². The van der Waals surface area contributed by atoms with Crippen LogP contribution in [0, 0.1) is 6.92 Å². The van der Waals surface area contributed by atoms with Gasteiger partial charge in [-0.15, -0.1) is 11.3 Å². The van der Waals surface area contributed by atoms with Crippen LogP contribution in [0.25, 0.3) is 0 Å². The van der Waals surface area contributed by atoms with Crippen molar-refractivity contribution in [2.75, 3.05) is 5.32 Å². The molecule has 5 nitrogen and oxygen atoms in total. The lowest BCUT2D eigenvalue weighted by Gasteiger charge is -1.98. The standard InChI is InChI=1S/C15H13N3O2S/c1-10-14(15(19)18-12-8-16-20-9-12)21-13(17-10)7-11-5-3-2-4-6-11/h2-6,8-9H,7H2,1H3,(H,18,19). The number of benzene rings is 1. The Morgan fingerprint density at radius 1 is 1.33 bits per heavy atom. The Labute approximate surface area is 125 Å². The van der Waals surface area contributed by atoms with Gasteiger partial charge < -0.3 is 9.84 Å². The molecule has 0 unspecified atom stereocenters. The number of amides is 1. The minimum Gasteiger partial charge on any atom is -0.363 e. The maximum absolute atomic E-state index is 12.2. The molecule has 0 aliphatic carbocycles. The normalized spacial score (nSPS) is 10.5. The van der Waals surface area contributed by atoms with Crippen molar-refractivity contribution in [3.63, 3.8) is 0 Å². The molecule has 1 aromatic carbocycles. The van der Waals surface area contributed by atoms with E-state index in [0.29, 0.717) is 10.6 Å². The molecule has 0 fully saturated rings. The summed E-state index contributed by atoms with van der Waals surface area (Å²) in [6, 6.07) is 10.1. The van der Waals surface area contributed by atoms with Gasteiger partial charge in [-0.2, -0.15) is 0 Å². The molecule has 0 saturated heterocycles. The zero-order valence-electron chi connectivity index (χ0n) is 11.4. The van der Waals surface area contributed by atoms with Crippen LogP contribution in [0.15, 0.2) is 47.3 Å². The van der Waals surface area contributed by atoms with Crippen LogP contribution >= 0.6 is 11.3 Å². The molecule has 3 rings (SSSR count). The number of thiazole rings is 1. The molecule has 0 radical (unpaired) electrons. The maximum Gasteiger partial charge on any atom is 0.267 e. The van der Waals surface area contributed by atoms with Gasteiger partial charge in [-0.3, -0.25) is 4.79 Å². The van der Waals surface area contributed by atoms with Crippen LogP contribution < -0.4 is 5.32 Å². The number of carbonyl (C=O) groups excluding carboxylic acids is 1. The van der Waals surface area contributed by atoms with Gasteiger partial charge in [-0.1, -0.05) is 35.5 Å². The third kappa shape index (κ3) is 3.17. The Morgan fingerprint density at radius 3 is 2.86 bits per heavy atom. The summed E-state index contributed by atoms with van der Waals surface area (Å²) in [5.41, 5.74) is 2.45. The third-order valence-electron chi connectivity index (χ3n) is 2.94. The van der Waals surface area contributed by atoms with Crippen LogP contribution in [0.3, 0.4) is 0 Å². The number of hydrogen-bond donors (Lipinski definition) is 1. The summed E-state index contributed by atoms with van der Waals surface area (Å²) in [6.07, 6.45) is 3.57. The minimum atomic E-state index is -0.187. The summed E-state index contributed by atoms with van der Waals surface area (Å²) in [4.78, 5) is 17.3. The number of carbonyl (C=O) groups is 1. The summed E-state index contributed by atoms with van der Waals surface area (Å²) in [5, 5.41) is 7.21. The highest BCUT2D eigenvalue weighted by Gasteiger charge is 2.16. The molecule has 106 valence electrons. The maximum atomic E-state index is 12.2. The summed E-state index contributed by atoms with van der Waals surface area (Å²) in [5.74, 6) is -0.187. The van der Waals surface area contributed by atoms with E-state index in [1.165, 1.54) is 29.4 Å². The first-order valence-electron chi connectivity index (χ1n) is 6.43. The molecule has 6 heteroatoms. The molecular weight excluding hydrogens is 286 g/mol. The van der Waals surface area contributed by atoms with E-state index in [4.69, 9.17) is 0 Å². The topological polar surface area (TPSA) is 68.0 Å². The highest BCUT2D eigenvalue weighted by Crippen LogP contribution is 2.22. The van der Waals surface area contributed by atoms with Crippen molar-refractivity contribution in [3.05, 3.63) is 63.9 Å². The van der Waals surface area contributed by atoms with Crippen molar-refractivity contribution in [2.24, 2.45) is 0 Å². The predicted octanol–water partition coefficient (Wildman–Crippen LogP) is 3.28. The van der Waals surface area contributed by atoms with Crippen molar-refractivity contribution >= 4 is 22.9 Å². The lowest BCUT2D eigenvalue weighted by Crippen LogP contribution is -2.10. The van der Waals surface area contributed by atoms with Gasteiger partial charge in [0, 0.05) is 6.42 Å². The molecule has 2 heterocycles. The first-order chi connectivity index (χ1) is 10.2. The number of rotatable bonds is 4. The van der Waals surface area contributed by atoms with Gasteiger partial charge in [0.05, 0.1) is 16.9 Å². The zero-order chi connectivity index (χ0) is 14.7. The van der Waals surface area contributed by atoms with Crippen molar-refractivity contribution in [2.45, 2.75) is 13.3 Å². The van der Waals surface area contributed by atoms with Crippen LogP contribution in [0.2, 0.25) is 0 Å². The summed E-state index contributed by atoms with van der Waals surface area (Å²) < 4.78 is 4.69. The lowest BCUT2D eigenvalue weighted by atomic mass is 10.2. The van der Waals surface area contributed by atoms with Gasteiger partial charge in [0.1, 0.15) is 16.8 Å². The zero-order valence-corrected chi connectivity index (χ0v) is 12.2. The van der Waals surface area contributed by atoms with Gasteiger partial charge in [0.25, 0.3) is 5.91 Å². The van der Waals surface area contributed by atoms with Gasteiger partial charge in [-0.05, 0) is 12.5 Å². The van der Waals surface area contributed by atoms with Crippen molar-refractivity contribution in [3.8, 4) is 0 Å². The van der Waals surface area contributed by atoms with Gasteiger partial charge in [0.15, 0.2) is 0 Å². The van der Waals surface area contributed by atoms with Crippen LogP contribution in [0.1, 0.15) is 25.9 Å². The van der Waals surface area contributed by atoms with Crippen molar-refractivity contribution < 1.29 is 9.32 Å². The summed E-state index contributed by atoms with van der Waals surface area (Å²) >= 11 is 1.41. The molecular formula is C15H13N3O2S. The average molecular weight is 299 g/mol. The SMILES string of the molecule is Cc1nc(Cc2ccccc2)sc1C(=O)Nc1cnoc1. The molecule has 2 aromatic heterocycles. The van der Waals surface area contributed by atoms with E-state index in [1.807, 2.05) is 37.3 Å². The Kier molecular flexibility index (Phi) is 3.79. The Hall–Kier alpha value is -2.47. The van der Waals surface area contributed by atoms with Crippen LogP contribution in [0.4, 0.5) is 5.69 Å². The number of aromatic nitrogens is 2. The predicted molar refractivity (Wildman–Crippen MR) is 80.6 cm³/mol. The fourth-order valence-corrected chi connectivity index (χ4v) is 2.96. The van der Waals surface area contributed by atoms with Gasteiger partial charge >= 0.3 is 0 Å². The van der Waals surface area contributed by atoms with E-state index >= 15 is 0 Å². The second kappa shape index (κ2) is 5.88. The second-order valence-electron chi connectivity index (χ2n) is 4.55. The highest BCUT2D eigenvalue weighted by atomic mass is 32.1. The first-order valence-corrected chi connectivity index (χ1v) is 7.25. The second-order valence-corrected chi connectivity index (χ2v) is 5.64. The van der Waals surface area contributed by atoms with E-state index in [9.17, 15) is 4.79 Å². The molecule has 1 N–H and O–H groups in total. The van der Waals surface area contributed by atoms with E-state index in [2.05, 4.69) is 20.0 Å². The van der Waals surface area contributed by atoms with Crippen molar-refractivity contribution in [1.29, 1.82) is 0 Å². The highest BCUT2D eigenvalue weighted by molar-refractivity contribution is 7.14. The molecule has 0 saturated carbocycles. The number of nitrogens with one attached hydrogen (secondary N) is 1. The molecule has 0 atom stereocenters. The van der Waals surface area contributed by atoms with Crippen molar-refractivity contribution in [1.82, 2.24) is 10.1 Å². The minimum absolute atomic E-state index is 0.187. The summed E-state index contributed by atoms with van der Waals surface area (Å²) in [6.45, 7) is 1.84. The Balaban J connectivity index is 1.76. The lowest BCUT2D eigenvalue weighted by molar-refractivity contribution is 0.102. The average Bonchev–Trinajstić information content (AvgIpc) is 3.10. The Morgan fingerprint density at radius 2 is 2.14 bits per heavy atom. The smallest absolute Gasteiger partial charge is 0.267 e. The molecule has 0 bridgehead atoms. The number of hydrogen-bond acceptors (Lipinski definition) is 5. The number of anilines is 1. The third-order valence-corrected chi connectivity index (χ3v) is 4.09. The molecule has 21 heavy (non-hydrogen) atoms. The van der Waals surface area contributed by atoms with Gasteiger partial charge in [0.2, 0.25) is 0 Å². The fourth-order valence-electron chi connectivity index (χ4n) is 1.96. The van der Waals surface area contributed by atoms with E-state index in [0.717, 1.165) is 17.1 Å². The molecule has 0 aliphatic rings. The molecule has 0 aliphatic heterocycles. The quantitative estimate of drug-likeness (QED) is 0.802. The summed E-state index contributed by atoms with van der Waals surface area (Å²) in [7, 11) is 0. The molecule has 3 aromatic rings. The Bertz CT molecular complexity index is 736. The van der Waals surface area contributed by atoms with Gasteiger partial charge in [-0.25, -0.2) is 4.98 Å².